The van der Waals surface area contributed by atoms with E-state index in [2.05, 4.69) is 5.32 Å². The number of methoxy groups -OCH3 is 2. The fourth-order valence-electron chi connectivity index (χ4n) is 2.84. The molecule has 150 valence electrons. The van der Waals surface area contributed by atoms with Gasteiger partial charge >= 0.3 is 5.97 Å². The molecule has 0 fully saturated rings. The van der Waals surface area contributed by atoms with Crippen LogP contribution in [0.25, 0.3) is 0 Å². The Hall–Kier alpha value is -1.68. The molecule has 0 spiro atoms. The van der Waals surface area contributed by atoms with Gasteiger partial charge in [-0.15, -0.1) is 0 Å². The Kier molecular flexibility index (Phi) is 9.57. The van der Waals surface area contributed by atoms with Crippen molar-refractivity contribution in [1.82, 2.24) is 5.32 Å². The van der Waals surface area contributed by atoms with Crippen molar-refractivity contribution in [2.75, 3.05) is 34.0 Å². The summed E-state index contributed by atoms with van der Waals surface area (Å²) in [5, 5.41) is 2.76. The summed E-state index contributed by atoms with van der Waals surface area (Å²) in [6.45, 7) is 6.31. The van der Waals surface area contributed by atoms with Gasteiger partial charge in [-0.1, -0.05) is 0 Å². The minimum Gasteiger partial charge on any atom is -0.478 e. The van der Waals surface area contributed by atoms with Crippen LogP contribution in [0.3, 0.4) is 0 Å². The molecule has 1 aliphatic rings. The first-order chi connectivity index (χ1) is 12.4. The molecule has 1 amide bonds. The van der Waals surface area contributed by atoms with E-state index in [1.165, 1.54) is 27.2 Å². The molecule has 26 heavy (non-hydrogen) atoms. The number of amides is 1. The van der Waals surface area contributed by atoms with E-state index in [0.29, 0.717) is 13.2 Å². The van der Waals surface area contributed by atoms with E-state index in [-0.39, 0.29) is 18.3 Å². The van der Waals surface area contributed by atoms with Gasteiger partial charge in [0.25, 0.3) is 0 Å². The summed E-state index contributed by atoms with van der Waals surface area (Å²) >= 11 is 0. The van der Waals surface area contributed by atoms with Gasteiger partial charge in [-0.25, -0.2) is 4.79 Å². The zero-order valence-corrected chi connectivity index (χ0v) is 16.0. The quantitative estimate of drug-likeness (QED) is 0.502. The average molecular weight is 374 g/mol. The lowest BCUT2D eigenvalue weighted by atomic mass is 9.92. The van der Waals surface area contributed by atoms with Gasteiger partial charge in [0, 0.05) is 27.2 Å². The molecule has 5 atom stereocenters. The smallest absolute Gasteiger partial charge is 0.373 e. The van der Waals surface area contributed by atoms with Crippen molar-refractivity contribution in [3.8, 4) is 0 Å². The van der Waals surface area contributed by atoms with Crippen LogP contribution < -0.4 is 11.1 Å². The van der Waals surface area contributed by atoms with Crippen LogP contribution in [-0.2, 0) is 33.3 Å². The van der Waals surface area contributed by atoms with Gasteiger partial charge in [-0.05, 0) is 19.9 Å². The van der Waals surface area contributed by atoms with E-state index in [1.54, 1.807) is 0 Å². The predicted molar refractivity (Wildman–Crippen MR) is 93.3 cm³/mol. The summed E-state index contributed by atoms with van der Waals surface area (Å²) in [6, 6.07) is -1.28. The Morgan fingerprint density at radius 3 is 2.50 bits per heavy atom. The Morgan fingerprint density at radius 1 is 1.31 bits per heavy atom. The number of rotatable bonds is 10. The van der Waals surface area contributed by atoms with Crippen molar-refractivity contribution < 1.29 is 33.3 Å². The van der Waals surface area contributed by atoms with Gasteiger partial charge in [0.1, 0.15) is 18.3 Å². The van der Waals surface area contributed by atoms with E-state index >= 15 is 0 Å². The highest BCUT2D eigenvalue weighted by Crippen LogP contribution is 2.25. The summed E-state index contributed by atoms with van der Waals surface area (Å²) in [5.41, 5.74) is 6.16. The van der Waals surface area contributed by atoms with Crippen molar-refractivity contribution in [3.05, 3.63) is 11.8 Å². The summed E-state index contributed by atoms with van der Waals surface area (Å²) in [4.78, 5) is 23.5. The lowest BCUT2D eigenvalue weighted by Gasteiger charge is -2.41. The summed E-state index contributed by atoms with van der Waals surface area (Å²) in [6.07, 6.45) is -0.461. The summed E-state index contributed by atoms with van der Waals surface area (Å²) in [7, 11) is 2.75. The molecule has 0 aliphatic carbocycles. The lowest BCUT2D eigenvalue weighted by Crippen LogP contribution is -2.62. The largest absolute Gasteiger partial charge is 0.478 e. The van der Waals surface area contributed by atoms with Crippen LogP contribution in [0.1, 0.15) is 20.8 Å². The van der Waals surface area contributed by atoms with Crippen LogP contribution >= 0.6 is 0 Å². The van der Waals surface area contributed by atoms with E-state index in [0.717, 1.165) is 0 Å². The number of nitrogens with two attached hydrogens (primary N) is 1. The van der Waals surface area contributed by atoms with Crippen LogP contribution in [0.2, 0.25) is 0 Å². The molecule has 9 nitrogen and oxygen atoms in total. The first-order valence-corrected chi connectivity index (χ1v) is 8.61. The predicted octanol–water partition coefficient (Wildman–Crippen LogP) is -0.269. The zero-order valence-electron chi connectivity index (χ0n) is 16.0. The molecule has 0 unspecified atom stereocenters. The van der Waals surface area contributed by atoms with Crippen LogP contribution in [0, 0.1) is 0 Å². The molecule has 0 aromatic rings. The minimum absolute atomic E-state index is 0.0275. The summed E-state index contributed by atoms with van der Waals surface area (Å²) in [5.74, 6) is -0.957. The number of hydrogen-bond donors (Lipinski definition) is 2. The molecule has 1 heterocycles. The Labute approximate surface area is 154 Å². The standard InChI is InChI=1S/C17H30N2O7/c1-6-24-9-13(25-7-2)15(22-4)16-14(19-10(3)20)11(18)8-12(26-16)17(21)23-5/h8,11,13-16H,6-7,9,18H2,1-5H3,(H,19,20)/t11-,13+,14+,15+,16+/m0/s1. The molecule has 0 saturated heterocycles. The molecule has 9 heteroatoms. The van der Waals surface area contributed by atoms with Gasteiger partial charge in [0.05, 0.1) is 25.8 Å². The Morgan fingerprint density at radius 2 is 2.00 bits per heavy atom. The maximum atomic E-state index is 11.9. The maximum Gasteiger partial charge on any atom is 0.373 e. The molecule has 0 aromatic heterocycles. The maximum absolute atomic E-state index is 11.9. The summed E-state index contributed by atoms with van der Waals surface area (Å²) < 4.78 is 27.4. The molecule has 1 aliphatic heterocycles. The number of esters is 1. The topological polar surface area (TPSA) is 118 Å². The highest BCUT2D eigenvalue weighted by Gasteiger charge is 2.44. The molecule has 3 N–H and O–H groups in total. The van der Waals surface area contributed by atoms with Gasteiger partial charge in [0.15, 0.2) is 0 Å². The van der Waals surface area contributed by atoms with Crippen molar-refractivity contribution in [2.45, 2.75) is 51.2 Å². The Balaban J connectivity index is 3.17. The van der Waals surface area contributed by atoms with Gasteiger partial charge in [0.2, 0.25) is 11.7 Å². The third-order valence-corrected chi connectivity index (χ3v) is 3.96. The van der Waals surface area contributed by atoms with Crippen LogP contribution in [-0.4, -0.2) is 76.3 Å². The van der Waals surface area contributed by atoms with E-state index < -0.39 is 36.4 Å². The fourth-order valence-corrected chi connectivity index (χ4v) is 2.84. The van der Waals surface area contributed by atoms with Crippen molar-refractivity contribution >= 4 is 11.9 Å². The second-order valence-corrected chi connectivity index (χ2v) is 5.76. The van der Waals surface area contributed by atoms with Gasteiger partial charge < -0.3 is 34.7 Å². The van der Waals surface area contributed by atoms with E-state index in [4.69, 9.17) is 29.4 Å². The Bertz CT molecular complexity index is 498. The van der Waals surface area contributed by atoms with Crippen LogP contribution in [0.4, 0.5) is 0 Å². The second kappa shape index (κ2) is 11.1. The van der Waals surface area contributed by atoms with E-state index in [9.17, 15) is 9.59 Å². The van der Waals surface area contributed by atoms with Gasteiger partial charge in [-0.2, -0.15) is 0 Å². The number of nitrogens with one attached hydrogen (secondary N) is 1. The highest BCUT2D eigenvalue weighted by molar-refractivity contribution is 5.86. The molecule has 1 rings (SSSR count). The van der Waals surface area contributed by atoms with Crippen LogP contribution in [0.15, 0.2) is 11.8 Å². The number of carbonyl (C=O) groups is 2. The van der Waals surface area contributed by atoms with Crippen molar-refractivity contribution in [1.29, 1.82) is 0 Å². The SMILES string of the molecule is CCOC[C@@H](OCC)[C@@H](OC)[C@@H]1OC(C(=O)OC)=C[C@H](N)[C@H]1NC(C)=O. The van der Waals surface area contributed by atoms with Crippen molar-refractivity contribution in [2.24, 2.45) is 5.73 Å². The van der Waals surface area contributed by atoms with Crippen LogP contribution in [0.5, 0.6) is 0 Å². The first kappa shape index (κ1) is 22.4. The normalized spacial score (nSPS) is 24.8. The molecule has 0 radical (unpaired) electrons. The molecule has 0 saturated carbocycles. The molecular weight excluding hydrogens is 344 g/mol. The zero-order chi connectivity index (χ0) is 19.7. The van der Waals surface area contributed by atoms with Gasteiger partial charge in [-0.3, -0.25) is 4.79 Å². The highest BCUT2D eigenvalue weighted by atomic mass is 16.6. The average Bonchev–Trinajstić information content (AvgIpc) is 2.61. The third kappa shape index (κ3) is 5.94. The monoisotopic (exact) mass is 374 g/mol. The number of hydrogen-bond acceptors (Lipinski definition) is 8. The third-order valence-electron chi connectivity index (χ3n) is 3.96. The number of carbonyl (C=O) groups excluding carboxylic acids is 2. The molecular formula is C17H30N2O7. The second-order valence-electron chi connectivity index (χ2n) is 5.76. The molecule has 0 bridgehead atoms. The molecule has 0 aromatic carbocycles. The van der Waals surface area contributed by atoms with Crippen molar-refractivity contribution in [3.63, 3.8) is 0 Å². The number of ether oxygens (including phenoxy) is 5. The minimum atomic E-state index is -0.769. The fraction of sp³-hybridized carbons (Fsp3) is 0.765. The first-order valence-electron chi connectivity index (χ1n) is 8.61. The van der Waals surface area contributed by atoms with E-state index in [1.807, 2.05) is 13.8 Å². The lowest BCUT2D eigenvalue weighted by molar-refractivity contribution is -0.159.